The van der Waals surface area contributed by atoms with E-state index in [-0.39, 0.29) is 12.5 Å². The average molecular weight is 337 g/mol. The van der Waals surface area contributed by atoms with E-state index in [4.69, 9.17) is 4.74 Å². The molecule has 0 unspecified atom stereocenters. The normalized spacial score (nSPS) is 12.9. The first-order valence-electron chi connectivity index (χ1n) is 7.59. The third kappa shape index (κ3) is 3.09. The average Bonchev–Trinajstić information content (AvgIpc) is 3.10. The highest BCUT2D eigenvalue weighted by Gasteiger charge is 2.15. The van der Waals surface area contributed by atoms with Crippen LogP contribution >= 0.6 is 11.3 Å². The third-order valence-corrected chi connectivity index (χ3v) is 4.72. The van der Waals surface area contributed by atoms with Crippen LogP contribution in [0.5, 0.6) is 5.75 Å². The van der Waals surface area contributed by atoms with Crippen LogP contribution < -0.4 is 15.4 Å². The Bertz CT molecular complexity index is 877. The first-order chi connectivity index (χ1) is 11.8. The van der Waals surface area contributed by atoms with Crippen molar-refractivity contribution in [1.29, 1.82) is 0 Å². The van der Waals surface area contributed by atoms with Crippen LogP contribution in [0.15, 0.2) is 54.7 Å². The van der Waals surface area contributed by atoms with Gasteiger partial charge in [0.15, 0.2) is 6.61 Å². The molecule has 5 nitrogen and oxygen atoms in total. The molecule has 2 aromatic carbocycles. The van der Waals surface area contributed by atoms with Crippen molar-refractivity contribution in [2.24, 2.45) is 0 Å². The van der Waals surface area contributed by atoms with E-state index in [2.05, 4.69) is 27.8 Å². The van der Waals surface area contributed by atoms with Crippen molar-refractivity contribution in [3.63, 3.8) is 0 Å². The summed E-state index contributed by atoms with van der Waals surface area (Å²) in [7, 11) is 0. The minimum Gasteiger partial charge on any atom is -0.482 e. The Morgan fingerprint density at radius 1 is 1.21 bits per heavy atom. The number of nitrogens with one attached hydrogen (secondary N) is 2. The fourth-order valence-corrected chi connectivity index (χ4v) is 3.35. The molecule has 0 fully saturated rings. The van der Waals surface area contributed by atoms with E-state index in [1.165, 1.54) is 5.56 Å². The van der Waals surface area contributed by atoms with Gasteiger partial charge in [-0.1, -0.05) is 30.3 Å². The zero-order valence-electron chi connectivity index (χ0n) is 12.8. The molecule has 2 N–H and O–H groups in total. The number of thiazole rings is 1. The number of anilines is 2. The number of hydrogen-bond donors (Lipinski definition) is 2. The van der Waals surface area contributed by atoms with Crippen LogP contribution in [-0.4, -0.2) is 17.5 Å². The predicted octanol–water partition coefficient (Wildman–Crippen LogP) is 3.75. The molecule has 1 aliphatic heterocycles. The molecule has 0 aliphatic carbocycles. The summed E-state index contributed by atoms with van der Waals surface area (Å²) >= 11 is 1.67. The fourth-order valence-electron chi connectivity index (χ4n) is 2.49. The second-order valence-corrected chi connectivity index (χ2v) is 6.50. The lowest BCUT2D eigenvalue weighted by Crippen LogP contribution is -2.25. The van der Waals surface area contributed by atoms with Gasteiger partial charge in [-0.2, -0.15) is 0 Å². The molecule has 2 heterocycles. The molecule has 0 atom stereocenters. The van der Waals surface area contributed by atoms with Gasteiger partial charge in [0.1, 0.15) is 10.8 Å². The summed E-state index contributed by atoms with van der Waals surface area (Å²) in [6, 6.07) is 15.9. The first kappa shape index (κ1) is 14.7. The van der Waals surface area contributed by atoms with Gasteiger partial charge in [-0.15, -0.1) is 11.3 Å². The largest absolute Gasteiger partial charge is 0.482 e. The number of hydrogen-bond acceptors (Lipinski definition) is 5. The maximum absolute atomic E-state index is 11.3. The molecular formula is C18H15N3O2S. The molecule has 0 bridgehead atoms. The molecule has 4 rings (SSSR count). The maximum atomic E-state index is 11.3. The van der Waals surface area contributed by atoms with Gasteiger partial charge in [-0.25, -0.2) is 4.98 Å². The van der Waals surface area contributed by atoms with Crippen molar-refractivity contribution in [3.8, 4) is 16.2 Å². The number of amides is 1. The molecule has 1 amide bonds. The van der Waals surface area contributed by atoms with Crippen LogP contribution in [0, 0.1) is 0 Å². The van der Waals surface area contributed by atoms with Crippen molar-refractivity contribution in [3.05, 3.63) is 59.7 Å². The lowest BCUT2D eigenvalue weighted by atomic mass is 10.2. The molecule has 24 heavy (non-hydrogen) atoms. The van der Waals surface area contributed by atoms with Crippen LogP contribution in [0.4, 0.5) is 11.4 Å². The highest BCUT2D eigenvalue weighted by molar-refractivity contribution is 7.15. The molecule has 1 aromatic heterocycles. The minimum absolute atomic E-state index is 0.0589. The van der Waals surface area contributed by atoms with Gasteiger partial charge in [0.05, 0.1) is 17.1 Å². The summed E-state index contributed by atoms with van der Waals surface area (Å²) in [5.41, 5.74) is 2.82. The number of nitrogens with zero attached hydrogens (tertiary/aromatic N) is 1. The lowest BCUT2D eigenvalue weighted by Gasteiger charge is -2.18. The Morgan fingerprint density at radius 2 is 2.08 bits per heavy atom. The van der Waals surface area contributed by atoms with Crippen LogP contribution in [0.2, 0.25) is 0 Å². The van der Waals surface area contributed by atoms with Crippen LogP contribution in [-0.2, 0) is 11.3 Å². The SMILES string of the molecule is O=C1COc2cc(NCc3ncc(-c4ccccc4)s3)ccc2N1. The van der Waals surface area contributed by atoms with Gasteiger partial charge in [-0.3, -0.25) is 4.79 Å². The molecule has 1 aliphatic rings. The number of ether oxygens (including phenoxy) is 1. The standard InChI is InChI=1S/C18H15N3O2S/c22-17-11-23-15-8-13(6-7-14(15)21-17)19-10-18-20-9-16(24-18)12-4-2-1-3-5-12/h1-9,19H,10-11H2,(H,21,22). The Kier molecular flexibility index (Phi) is 3.88. The number of benzene rings is 2. The van der Waals surface area contributed by atoms with Crippen LogP contribution in [0.3, 0.4) is 0 Å². The summed E-state index contributed by atoms with van der Waals surface area (Å²) < 4.78 is 5.43. The molecule has 120 valence electrons. The van der Waals surface area contributed by atoms with E-state index in [1.54, 1.807) is 11.3 Å². The minimum atomic E-state index is -0.126. The van der Waals surface area contributed by atoms with Gasteiger partial charge in [-0.05, 0) is 17.7 Å². The van der Waals surface area contributed by atoms with Gasteiger partial charge >= 0.3 is 0 Å². The summed E-state index contributed by atoms with van der Waals surface area (Å²) in [6.07, 6.45) is 1.91. The van der Waals surface area contributed by atoms with E-state index in [9.17, 15) is 4.79 Å². The van der Waals surface area contributed by atoms with Gasteiger partial charge in [0.25, 0.3) is 5.91 Å². The van der Waals surface area contributed by atoms with Crippen LogP contribution in [0.1, 0.15) is 5.01 Å². The topological polar surface area (TPSA) is 63.2 Å². The van der Waals surface area contributed by atoms with Crippen molar-refractivity contribution in [2.45, 2.75) is 6.54 Å². The highest BCUT2D eigenvalue weighted by atomic mass is 32.1. The Labute approximate surface area is 143 Å². The second-order valence-electron chi connectivity index (χ2n) is 5.39. The number of rotatable bonds is 4. The summed E-state index contributed by atoms with van der Waals surface area (Å²) in [5, 5.41) is 7.14. The molecule has 6 heteroatoms. The van der Waals surface area contributed by atoms with Crippen molar-refractivity contribution in [2.75, 3.05) is 17.2 Å². The molecule has 3 aromatic rings. The number of carbonyl (C=O) groups is 1. The van der Waals surface area contributed by atoms with Crippen molar-refractivity contribution < 1.29 is 9.53 Å². The molecule has 0 saturated heterocycles. The molecule has 0 saturated carbocycles. The highest BCUT2D eigenvalue weighted by Crippen LogP contribution is 2.31. The molecule has 0 radical (unpaired) electrons. The number of carbonyl (C=O) groups excluding carboxylic acids is 1. The molecule has 0 spiro atoms. The fraction of sp³-hybridized carbons (Fsp3) is 0.111. The quantitative estimate of drug-likeness (QED) is 0.761. The zero-order valence-corrected chi connectivity index (χ0v) is 13.6. The number of aromatic nitrogens is 1. The summed E-state index contributed by atoms with van der Waals surface area (Å²) in [6.45, 7) is 0.700. The van der Waals surface area contributed by atoms with Crippen molar-refractivity contribution in [1.82, 2.24) is 4.98 Å². The molecular weight excluding hydrogens is 322 g/mol. The third-order valence-electron chi connectivity index (χ3n) is 3.67. The maximum Gasteiger partial charge on any atom is 0.262 e. The van der Waals surface area contributed by atoms with E-state index in [0.717, 1.165) is 15.6 Å². The Morgan fingerprint density at radius 3 is 2.96 bits per heavy atom. The summed E-state index contributed by atoms with van der Waals surface area (Å²) in [4.78, 5) is 16.9. The van der Waals surface area contributed by atoms with E-state index in [0.29, 0.717) is 18.0 Å². The van der Waals surface area contributed by atoms with E-state index < -0.39 is 0 Å². The van der Waals surface area contributed by atoms with Gasteiger partial charge < -0.3 is 15.4 Å². The smallest absolute Gasteiger partial charge is 0.262 e. The zero-order chi connectivity index (χ0) is 16.4. The van der Waals surface area contributed by atoms with Gasteiger partial charge in [0, 0.05) is 18.0 Å². The Hall–Kier alpha value is -2.86. The predicted molar refractivity (Wildman–Crippen MR) is 95.4 cm³/mol. The van der Waals surface area contributed by atoms with Crippen molar-refractivity contribution >= 4 is 28.6 Å². The van der Waals surface area contributed by atoms with E-state index in [1.807, 2.05) is 42.6 Å². The first-order valence-corrected chi connectivity index (χ1v) is 8.40. The Balaban J connectivity index is 1.44. The number of fused-ring (bicyclic) bond motifs is 1. The summed E-state index contributed by atoms with van der Waals surface area (Å²) in [5.74, 6) is 0.558. The second kappa shape index (κ2) is 6.33. The van der Waals surface area contributed by atoms with Gasteiger partial charge in [0.2, 0.25) is 0 Å². The monoisotopic (exact) mass is 337 g/mol. The van der Waals surface area contributed by atoms with Crippen LogP contribution in [0.25, 0.3) is 10.4 Å². The lowest BCUT2D eigenvalue weighted by molar-refractivity contribution is -0.118. The van der Waals surface area contributed by atoms with E-state index >= 15 is 0 Å².